The predicted octanol–water partition coefficient (Wildman–Crippen LogP) is 3.47. The van der Waals surface area contributed by atoms with E-state index >= 15 is 0 Å². The molecular formula is C25H32N2O3. The fourth-order valence-electron chi connectivity index (χ4n) is 6.11. The topological polar surface area (TPSA) is 58.6 Å². The summed E-state index contributed by atoms with van der Waals surface area (Å²) < 4.78 is 6.54. The van der Waals surface area contributed by atoms with Gasteiger partial charge in [-0.15, -0.1) is 0 Å². The molecule has 0 aromatic heterocycles. The molecule has 5 atom stereocenters. The minimum Gasteiger partial charge on any atom is -0.359 e. The van der Waals surface area contributed by atoms with E-state index < -0.39 is 17.2 Å². The molecule has 160 valence electrons. The zero-order valence-electron chi connectivity index (χ0n) is 18.4. The molecule has 3 fully saturated rings. The van der Waals surface area contributed by atoms with Gasteiger partial charge in [-0.05, 0) is 46.1 Å². The summed E-state index contributed by atoms with van der Waals surface area (Å²) in [5, 5.41) is 3.25. The Kier molecular flexibility index (Phi) is 4.41. The summed E-state index contributed by atoms with van der Waals surface area (Å²) in [7, 11) is 0. The second-order valence-electron chi connectivity index (χ2n) is 10.5. The Morgan fingerprint density at radius 1 is 1.17 bits per heavy atom. The van der Waals surface area contributed by atoms with Gasteiger partial charge >= 0.3 is 0 Å². The van der Waals surface area contributed by atoms with E-state index in [9.17, 15) is 9.59 Å². The lowest BCUT2D eigenvalue weighted by Crippen LogP contribution is -2.60. The quantitative estimate of drug-likeness (QED) is 0.779. The number of ether oxygens (including phenoxy) is 1. The molecule has 1 N–H and O–H groups in total. The first kappa shape index (κ1) is 19.8. The smallest absolute Gasteiger partial charge is 0.246 e. The van der Waals surface area contributed by atoms with Crippen LogP contribution in [0.5, 0.6) is 0 Å². The lowest BCUT2D eigenvalue weighted by atomic mass is 9.72. The Labute approximate surface area is 178 Å². The maximum absolute atomic E-state index is 13.9. The van der Waals surface area contributed by atoms with Gasteiger partial charge in [0.05, 0.1) is 12.0 Å². The van der Waals surface area contributed by atoms with E-state index in [0.29, 0.717) is 0 Å². The van der Waals surface area contributed by atoms with Crippen LogP contribution in [0.2, 0.25) is 0 Å². The van der Waals surface area contributed by atoms with Crippen LogP contribution in [0.15, 0.2) is 36.4 Å². The SMILES string of the molecule is Cc1ccc([C@@H]2[C@H]3C=C[C@@]4(O3)[C@H]2C(=O)N(C(C)(C)C)[C@@H]4C(=O)NC2CCCC2)cc1. The number of carbonyl (C=O) groups is 2. The van der Waals surface area contributed by atoms with Crippen LogP contribution in [-0.2, 0) is 14.3 Å². The maximum Gasteiger partial charge on any atom is 0.246 e. The van der Waals surface area contributed by atoms with Crippen LogP contribution in [0.3, 0.4) is 0 Å². The molecule has 0 radical (unpaired) electrons. The Hall–Kier alpha value is -2.14. The molecule has 0 unspecified atom stereocenters. The lowest BCUT2D eigenvalue weighted by molar-refractivity contribution is -0.145. The zero-order chi connectivity index (χ0) is 21.3. The van der Waals surface area contributed by atoms with Crippen LogP contribution in [0.1, 0.15) is 63.5 Å². The average Bonchev–Trinajstić information content (AvgIpc) is 3.43. The molecule has 2 saturated heterocycles. The van der Waals surface area contributed by atoms with Gasteiger partial charge in [0.25, 0.3) is 0 Å². The molecular weight excluding hydrogens is 376 g/mol. The van der Waals surface area contributed by atoms with Crippen LogP contribution < -0.4 is 5.32 Å². The first-order chi connectivity index (χ1) is 14.2. The van der Waals surface area contributed by atoms with Crippen LogP contribution in [0, 0.1) is 12.8 Å². The Bertz CT molecular complexity index is 894. The van der Waals surface area contributed by atoms with Crippen molar-refractivity contribution in [3.8, 4) is 0 Å². The van der Waals surface area contributed by atoms with Crippen molar-refractivity contribution < 1.29 is 14.3 Å². The number of fused-ring (bicyclic) bond motifs is 1. The number of nitrogens with zero attached hydrogens (tertiary/aromatic N) is 1. The summed E-state index contributed by atoms with van der Waals surface area (Å²) in [6.07, 6.45) is 8.25. The highest BCUT2D eigenvalue weighted by Crippen LogP contribution is 2.59. The van der Waals surface area contributed by atoms with E-state index in [1.807, 2.05) is 26.8 Å². The van der Waals surface area contributed by atoms with Gasteiger partial charge in [0.2, 0.25) is 11.8 Å². The van der Waals surface area contributed by atoms with E-state index in [1.165, 1.54) is 5.56 Å². The minimum atomic E-state index is -0.882. The summed E-state index contributed by atoms with van der Waals surface area (Å²) in [4.78, 5) is 29.3. The normalized spacial score (nSPS) is 35.3. The third-order valence-corrected chi connectivity index (χ3v) is 7.41. The second kappa shape index (κ2) is 6.68. The van der Waals surface area contributed by atoms with Crippen molar-refractivity contribution in [3.05, 3.63) is 47.5 Å². The van der Waals surface area contributed by atoms with E-state index in [-0.39, 0.29) is 35.8 Å². The molecule has 2 amide bonds. The molecule has 3 heterocycles. The highest BCUT2D eigenvalue weighted by Gasteiger charge is 2.72. The molecule has 1 aliphatic carbocycles. The molecule has 5 nitrogen and oxygen atoms in total. The molecule has 30 heavy (non-hydrogen) atoms. The molecule has 2 bridgehead atoms. The van der Waals surface area contributed by atoms with Crippen LogP contribution in [-0.4, -0.2) is 46.0 Å². The van der Waals surface area contributed by atoms with Crippen molar-refractivity contribution in [2.24, 2.45) is 5.92 Å². The minimum absolute atomic E-state index is 0.0338. The van der Waals surface area contributed by atoms with Gasteiger partial charge in [-0.3, -0.25) is 9.59 Å². The molecule has 1 aromatic rings. The van der Waals surface area contributed by atoms with Crippen LogP contribution in [0.25, 0.3) is 0 Å². The summed E-state index contributed by atoms with van der Waals surface area (Å²) >= 11 is 0. The Balaban J connectivity index is 1.56. The molecule has 1 spiro atoms. The Morgan fingerprint density at radius 3 is 2.47 bits per heavy atom. The zero-order valence-corrected chi connectivity index (χ0v) is 18.4. The van der Waals surface area contributed by atoms with Crippen molar-refractivity contribution in [3.63, 3.8) is 0 Å². The van der Waals surface area contributed by atoms with Gasteiger partial charge in [0.15, 0.2) is 0 Å². The van der Waals surface area contributed by atoms with E-state index in [2.05, 4.69) is 42.6 Å². The number of nitrogens with one attached hydrogen (secondary N) is 1. The van der Waals surface area contributed by atoms with E-state index in [0.717, 1.165) is 31.2 Å². The van der Waals surface area contributed by atoms with Crippen molar-refractivity contribution >= 4 is 11.8 Å². The van der Waals surface area contributed by atoms with Gasteiger partial charge in [-0.1, -0.05) is 54.8 Å². The number of aryl methyl sites for hydroxylation is 1. The van der Waals surface area contributed by atoms with Crippen molar-refractivity contribution in [2.75, 3.05) is 0 Å². The number of rotatable bonds is 3. The van der Waals surface area contributed by atoms with E-state index in [1.54, 1.807) is 4.90 Å². The lowest BCUT2D eigenvalue weighted by Gasteiger charge is -2.40. The van der Waals surface area contributed by atoms with Gasteiger partial charge in [0.1, 0.15) is 11.6 Å². The summed E-state index contributed by atoms with van der Waals surface area (Å²) in [6.45, 7) is 8.09. The van der Waals surface area contributed by atoms with Crippen molar-refractivity contribution in [1.82, 2.24) is 10.2 Å². The van der Waals surface area contributed by atoms with Gasteiger partial charge in [-0.25, -0.2) is 0 Å². The third-order valence-electron chi connectivity index (χ3n) is 7.41. The summed E-state index contributed by atoms with van der Waals surface area (Å²) in [6, 6.07) is 7.96. The van der Waals surface area contributed by atoms with Crippen molar-refractivity contribution in [2.45, 2.75) is 88.6 Å². The summed E-state index contributed by atoms with van der Waals surface area (Å²) in [5.74, 6) is -0.458. The van der Waals surface area contributed by atoms with Crippen LogP contribution in [0.4, 0.5) is 0 Å². The number of carbonyl (C=O) groups excluding carboxylic acids is 2. The monoisotopic (exact) mass is 408 g/mol. The first-order valence-corrected chi connectivity index (χ1v) is 11.3. The third kappa shape index (κ3) is 2.78. The number of likely N-dealkylation sites (tertiary alicyclic amines) is 1. The highest BCUT2D eigenvalue weighted by molar-refractivity contribution is 5.97. The van der Waals surface area contributed by atoms with E-state index in [4.69, 9.17) is 4.74 Å². The second-order valence-corrected chi connectivity index (χ2v) is 10.5. The van der Waals surface area contributed by atoms with Crippen LogP contribution >= 0.6 is 0 Å². The first-order valence-electron chi connectivity index (χ1n) is 11.3. The molecule has 5 rings (SSSR count). The van der Waals surface area contributed by atoms with Crippen molar-refractivity contribution in [1.29, 1.82) is 0 Å². The summed E-state index contributed by atoms with van der Waals surface area (Å²) in [5.41, 5.74) is 0.950. The molecule has 1 aromatic carbocycles. The largest absolute Gasteiger partial charge is 0.359 e. The van der Waals surface area contributed by atoms with Gasteiger partial charge in [-0.2, -0.15) is 0 Å². The predicted molar refractivity (Wildman–Crippen MR) is 115 cm³/mol. The molecule has 5 heteroatoms. The highest BCUT2D eigenvalue weighted by atomic mass is 16.5. The Morgan fingerprint density at radius 2 is 1.83 bits per heavy atom. The maximum atomic E-state index is 13.9. The number of amides is 2. The fraction of sp³-hybridized carbons (Fsp3) is 0.600. The molecule has 4 aliphatic rings. The number of benzene rings is 1. The average molecular weight is 409 g/mol. The molecule has 1 saturated carbocycles. The number of hydrogen-bond acceptors (Lipinski definition) is 3. The van der Waals surface area contributed by atoms with Gasteiger partial charge < -0.3 is 15.0 Å². The fourth-order valence-corrected chi connectivity index (χ4v) is 6.11. The standard InChI is InChI=1S/C25H32N2O3/c1-15-9-11-16(12-10-15)19-18-13-14-25(30-18)20(19)23(29)27(24(2,3)4)21(25)22(28)26-17-7-5-6-8-17/h9-14,17-21H,5-8H2,1-4H3,(H,26,28)/t18-,19-,20-,21-,25-/m1/s1. The van der Waals surface area contributed by atoms with Gasteiger partial charge in [0, 0.05) is 17.5 Å². The number of hydrogen-bond donors (Lipinski definition) is 1. The molecule has 3 aliphatic heterocycles.